The number of nitrogens with zero attached hydrogens (tertiary/aromatic N) is 1. The molecule has 0 aliphatic heterocycles. The molecule has 0 unspecified atom stereocenters. The summed E-state index contributed by atoms with van der Waals surface area (Å²) < 4.78 is 144. The first kappa shape index (κ1) is 24.8. The Balaban J connectivity index is 2.25. The Morgan fingerprint density at radius 3 is 1.55 bits per heavy atom. The lowest BCUT2D eigenvalue weighted by Gasteiger charge is -2.30. The molecule has 0 fully saturated rings. The predicted octanol–water partition coefficient (Wildman–Crippen LogP) is 6.10. The topological polar surface area (TPSA) is 47.0 Å². The molecule has 3 nitrogen and oxygen atoms in total. The van der Waals surface area contributed by atoms with Crippen LogP contribution in [0.1, 0.15) is 16.7 Å². The van der Waals surface area contributed by atoms with Crippen LogP contribution in [0.5, 0.6) is 0 Å². The van der Waals surface area contributed by atoms with Gasteiger partial charge in [-0.15, -0.1) is 0 Å². The van der Waals surface area contributed by atoms with Crippen molar-refractivity contribution in [3.8, 4) is 0 Å². The first-order valence-electron chi connectivity index (χ1n) is 8.80. The third-order valence-electron chi connectivity index (χ3n) is 4.92. The Morgan fingerprint density at radius 1 is 0.727 bits per heavy atom. The summed E-state index contributed by atoms with van der Waals surface area (Å²) in [5.41, 5.74) is -7.43. The second-order valence-corrected chi connectivity index (χ2v) is 9.18. The van der Waals surface area contributed by atoms with Crippen molar-refractivity contribution in [3.05, 3.63) is 71.4 Å². The van der Waals surface area contributed by atoms with Crippen molar-refractivity contribution in [2.45, 2.75) is 23.6 Å². The molecule has 33 heavy (non-hydrogen) atoms. The summed E-state index contributed by atoms with van der Waals surface area (Å²) >= 11 is 0. The van der Waals surface area contributed by atoms with Crippen molar-refractivity contribution in [3.63, 3.8) is 0 Å². The summed E-state index contributed by atoms with van der Waals surface area (Å²) in [5, 5.41) is -0.470. The van der Waals surface area contributed by atoms with Gasteiger partial charge in [0.1, 0.15) is 0 Å². The molecule has 178 valence electrons. The Bertz CT molecular complexity index is 1200. The fraction of sp³-hybridized carbons (Fsp3) is 0.250. The second-order valence-electron chi connectivity index (χ2n) is 7.21. The number of aromatic nitrogens is 1. The Hall–Kier alpha value is -2.83. The van der Waals surface area contributed by atoms with E-state index in [2.05, 4.69) is 4.98 Å². The standard InChI is InChI=1S/C20H12F9NO2S/c1-33(31,32)16-7-4-12(10-30-16)15-9-17(19(24,25)26,20(27,28)29)8-14(15)11-2-5-13(6-3-11)18(21,22)23/h2-10H,1H3. The lowest BCUT2D eigenvalue weighted by Crippen LogP contribution is -2.46. The highest BCUT2D eigenvalue weighted by molar-refractivity contribution is 7.90. The molecule has 2 aromatic rings. The van der Waals surface area contributed by atoms with Crippen LogP contribution in [0.3, 0.4) is 0 Å². The number of hydrogen-bond donors (Lipinski definition) is 0. The normalized spacial score (nSPS) is 17.0. The minimum absolute atomic E-state index is 0.0862. The number of benzene rings is 1. The average molecular weight is 501 g/mol. The third-order valence-corrected chi connectivity index (χ3v) is 5.92. The van der Waals surface area contributed by atoms with E-state index >= 15 is 0 Å². The lowest BCUT2D eigenvalue weighted by atomic mass is 9.87. The minimum Gasteiger partial charge on any atom is -0.244 e. The highest BCUT2D eigenvalue weighted by Crippen LogP contribution is 2.59. The highest BCUT2D eigenvalue weighted by atomic mass is 32.2. The summed E-state index contributed by atoms with van der Waals surface area (Å²) in [4.78, 5) is 3.57. The maximum absolute atomic E-state index is 13.7. The van der Waals surface area contributed by atoms with Gasteiger partial charge < -0.3 is 0 Å². The van der Waals surface area contributed by atoms with E-state index in [0.29, 0.717) is 12.1 Å². The van der Waals surface area contributed by atoms with Crippen molar-refractivity contribution in [1.29, 1.82) is 0 Å². The van der Waals surface area contributed by atoms with E-state index in [1.165, 1.54) is 0 Å². The summed E-state index contributed by atoms with van der Waals surface area (Å²) in [6.45, 7) is 0. The number of rotatable bonds is 3. The number of hydrogen-bond acceptors (Lipinski definition) is 3. The molecule has 1 aromatic carbocycles. The van der Waals surface area contributed by atoms with Crippen LogP contribution in [0, 0.1) is 5.41 Å². The molecule has 0 radical (unpaired) electrons. The Kier molecular flexibility index (Phi) is 5.72. The van der Waals surface area contributed by atoms with Crippen LogP contribution in [0.15, 0.2) is 59.8 Å². The van der Waals surface area contributed by atoms with Crippen molar-refractivity contribution < 1.29 is 47.9 Å². The monoisotopic (exact) mass is 501 g/mol. The number of allylic oxidation sites excluding steroid dienone is 4. The van der Waals surface area contributed by atoms with Gasteiger partial charge in [-0.1, -0.05) is 12.1 Å². The van der Waals surface area contributed by atoms with E-state index in [-0.39, 0.29) is 23.3 Å². The minimum atomic E-state index is -5.83. The van der Waals surface area contributed by atoms with Crippen LogP contribution in [0.4, 0.5) is 39.5 Å². The molecule has 0 bridgehead atoms. The first-order chi connectivity index (χ1) is 14.9. The van der Waals surface area contributed by atoms with Gasteiger partial charge in [-0.05, 0) is 53.1 Å². The van der Waals surface area contributed by atoms with Crippen molar-refractivity contribution in [2.75, 3.05) is 6.26 Å². The summed E-state index contributed by atoms with van der Waals surface area (Å²) in [7, 11) is -3.81. The molecule has 1 aliphatic carbocycles. The van der Waals surface area contributed by atoms with Crippen molar-refractivity contribution in [2.24, 2.45) is 5.41 Å². The van der Waals surface area contributed by atoms with Gasteiger partial charge in [0.05, 0.1) is 5.56 Å². The fourth-order valence-corrected chi connectivity index (χ4v) is 3.78. The molecule has 1 aliphatic rings. The van der Waals surface area contributed by atoms with E-state index in [1.54, 1.807) is 0 Å². The van der Waals surface area contributed by atoms with Gasteiger partial charge in [-0.2, -0.15) is 39.5 Å². The second kappa shape index (κ2) is 7.61. The molecular weight excluding hydrogens is 489 g/mol. The van der Waals surface area contributed by atoms with Gasteiger partial charge in [-0.3, -0.25) is 0 Å². The van der Waals surface area contributed by atoms with Crippen LogP contribution in [0.25, 0.3) is 11.1 Å². The molecule has 0 saturated carbocycles. The zero-order valence-electron chi connectivity index (χ0n) is 16.3. The van der Waals surface area contributed by atoms with Gasteiger partial charge in [0.25, 0.3) is 0 Å². The quantitative estimate of drug-likeness (QED) is 0.478. The zero-order valence-corrected chi connectivity index (χ0v) is 17.1. The van der Waals surface area contributed by atoms with Crippen LogP contribution in [-0.2, 0) is 16.0 Å². The Labute approximate surface area is 181 Å². The van der Waals surface area contributed by atoms with Crippen LogP contribution < -0.4 is 0 Å². The van der Waals surface area contributed by atoms with Crippen LogP contribution in [0.2, 0.25) is 0 Å². The van der Waals surface area contributed by atoms with Gasteiger partial charge in [0.15, 0.2) is 20.3 Å². The molecule has 1 aromatic heterocycles. The average Bonchev–Trinajstić information content (AvgIpc) is 3.09. The van der Waals surface area contributed by atoms with Gasteiger partial charge >= 0.3 is 18.5 Å². The number of sulfone groups is 1. The molecular formula is C20H12F9NO2S. The first-order valence-corrected chi connectivity index (χ1v) is 10.7. The molecule has 0 saturated heterocycles. The third kappa shape index (κ3) is 4.50. The van der Waals surface area contributed by atoms with E-state index < -0.39 is 55.5 Å². The van der Waals surface area contributed by atoms with Gasteiger partial charge in [0, 0.05) is 18.0 Å². The number of halogens is 9. The fourth-order valence-electron chi connectivity index (χ4n) is 3.22. The maximum atomic E-state index is 13.7. The SMILES string of the molecule is CS(=O)(=O)c1ccc(C2=CC(C(F)(F)F)(C(F)(F)F)C=C2c2ccc(C(F)(F)F)cc2)cn1. The van der Waals surface area contributed by atoms with E-state index in [0.717, 1.165) is 36.7 Å². The van der Waals surface area contributed by atoms with E-state index in [4.69, 9.17) is 0 Å². The van der Waals surface area contributed by atoms with E-state index in [1.807, 2.05) is 0 Å². The molecule has 1 heterocycles. The largest absolute Gasteiger partial charge is 0.416 e. The van der Waals surface area contributed by atoms with Crippen molar-refractivity contribution >= 4 is 21.0 Å². The molecule has 0 spiro atoms. The van der Waals surface area contributed by atoms with Crippen molar-refractivity contribution in [1.82, 2.24) is 4.98 Å². The molecule has 0 amide bonds. The lowest BCUT2D eigenvalue weighted by molar-refractivity contribution is -0.301. The molecule has 3 rings (SSSR count). The molecule has 0 N–H and O–H groups in total. The summed E-state index contributed by atoms with van der Waals surface area (Å²) in [6.07, 6.45) is -15.0. The van der Waals surface area contributed by atoms with Gasteiger partial charge in [-0.25, -0.2) is 13.4 Å². The van der Waals surface area contributed by atoms with E-state index in [9.17, 15) is 47.9 Å². The molecule has 0 atom stereocenters. The Morgan fingerprint density at radius 2 is 1.18 bits per heavy atom. The summed E-state index contributed by atoms with van der Waals surface area (Å²) in [5.74, 6) is 0. The number of alkyl halides is 9. The summed E-state index contributed by atoms with van der Waals surface area (Å²) in [6, 6.07) is 4.43. The molecule has 13 heteroatoms. The number of pyridine rings is 1. The van der Waals surface area contributed by atoms with Gasteiger partial charge in [0.2, 0.25) is 0 Å². The van der Waals surface area contributed by atoms with Crippen LogP contribution >= 0.6 is 0 Å². The maximum Gasteiger partial charge on any atom is 0.416 e. The predicted molar refractivity (Wildman–Crippen MR) is 99.3 cm³/mol. The smallest absolute Gasteiger partial charge is 0.244 e. The zero-order chi connectivity index (χ0) is 25.0. The van der Waals surface area contributed by atoms with Crippen LogP contribution in [-0.4, -0.2) is 32.0 Å². The highest BCUT2D eigenvalue weighted by Gasteiger charge is 2.70.